The first-order valence-electron chi connectivity index (χ1n) is 10.7. The van der Waals surface area contributed by atoms with Gasteiger partial charge in [-0.25, -0.2) is 4.68 Å². The smallest absolute Gasteiger partial charge is 0.306 e. The van der Waals surface area contributed by atoms with Crippen LogP contribution in [0.3, 0.4) is 0 Å². The van der Waals surface area contributed by atoms with E-state index in [0.29, 0.717) is 26.1 Å². The Morgan fingerprint density at radius 1 is 0.969 bits per heavy atom. The third kappa shape index (κ3) is 6.28. The fourth-order valence-electron chi connectivity index (χ4n) is 3.57. The lowest BCUT2D eigenvalue weighted by atomic mass is 10.2. The predicted molar refractivity (Wildman–Crippen MR) is 125 cm³/mol. The summed E-state index contributed by atoms with van der Waals surface area (Å²) in [4.78, 5) is 26.4. The topological polar surface area (TPSA) is 76.5 Å². The molecule has 0 saturated heterocycles. The highest BCUT2D eigenvalue weighted by molar-refractivity contribution is 5.92. The highest BCUT2D eigenvalue weighted by Crippen LogP contribution is 2.23. The number of aromatic nitrogens is 2. The molecule has 168 valence electrons. The lowest BCUT2D eigenvalue weighted by molar-refractivity contribution is -0.141. The van der Waals surface area contributed by atoms with Crippen molar-refractivity contribution in [1.29, 1.82) is 0 Å². The highest BCUT2D eigenvalue weighted by Gasteiger charge is 2.17. The quantitative estimate of drug-likeness (QED) is 0.490. The van der Waals surface area contributed by atoms with Crippen LogP contribution in [0.15, 0.2) is 60.7 Å². The molecule has 1 heterocycles. The van der Waals surface area contributed by atoms with Crippen molar-refractivity contribution in [3.05, 3.63) is 77.6 Å². The number of methoxy groups -OCH3 is 1. The fraction of sp³-hybridized carbons (Fsp3) is 0.320. The molecule has 0 saturated carbocycles. The minimum absolute atomic E-state index is 0.0834. The van der Waals surface area contributed by atoms with Crippen molar-refractivity contribution in [3.63, 3.8) is 0 Å². The summed E-state index contributed by atoms with van der Waals surface area (Å²) >= 11 is 0. The van der Waals surface area contributed by atoms with Crippen molar-refractivity contribution in [3.8, 4) is 5.69 Å². The summed E-state index contributed by atoms with van der Waals surface area (Å²) in [6.45, 7) is 5.55. The SMILES string of the molecule is COC(=O)CCN(CCC(=O)Nc1c(C)nn(-c2ccccc2)c1C)Cc1ccccc1. The number of carbonyl (C=O) groups is 2. The van der Waals surface area contributed by atoms with Crippen LogP contribution in [0.25, 0.3) is 5.69 Å². The van der Waals surface area contributed by atoms with Crippen LogP contribution in [-0.4, -0.2) is 46.8 Å². The summed E-state index contributed by atoms with van der Waals surface area (Å²) in [6.07, 6.45) is 0.594. The van der Waals surface area contributed by atoms with Gasteiger partial charge in [-0.1, -0.05) is 48.5 Å². The molecular formula is C25H30N4O3. The Morgan fingerprint density at radius 2 is 1.59 bits per heavy atom. The van der Waals surface area contributed by atoms with Crippen molar-refractivity contribution >= 4 is 17.6 Å². The van der Waals surface area contributed by atoms with Crippen molar-refractivity contribution in [1.82, 2.24) is 14.7 Å². The van der Waals surface area contributed by atoms with Gasteiger partial charge < -0.3 is 10.1 Å². The molecule has 2 aromatic carbocycles. The van der Waals surface area contributed by atoms with Crippen LogP contribution in [0.4, 0.5) is 5.69 Å². The van der Waals surface area contributed by atoms with Crippen LogP contribution in [0, 0.1) is 13.8 Å². The molecule has 0 aliphatic rings. The van der Waals surface area contributed by atoms with Crippen LogP contribution in [-0.2, 0) is 20.9 Å². The number of esters is 1. The molecule has 1 N–H and O–H groups in total. The Kier molecular flexibility index (Phi) is 8.16. The molecule has 0 spiro atoms. The average molecular weight is 435 g/mol. The molecule has 32 heavy (non-hydrogen) atoms. The van der Waals surface area contributed by atoms with E-state index < -0.39 is 0 Å². The van der Waals surface area contributed by atoms with Gasteiger partial charge in [0.2, 0.25) is 5.91 Å². The first-order chi connectivity index (χ1) is 15.5. The van der Waals surface area contributed by atoms with E-state index in [0.717, 1.165) is 28.3 Å². The van der Waals surface area contributed by atoms with Crippen molar-refractivity contribution < 1.29 is 14.3 Å². The number of ether oxygens (including phenoxy) is 1. The summed E-state index contributed by atoms with van der Waals surface area (Å²) < 4.78 is 6.60. The van der Waals surface area contributed by atoms with Gasteiger partial charge in [-0.05, 0) is 31.5 Å². The zero-order chi connectivity index (χ0) is 22.9. The maximum Gasteiger partial charge on any atom is 0.306 e. The van der Waals surface area contributed by atoms with Gasteiger partial charge in [-0.15, -0.1) is 0 Å². The Balaban J connectivity index is 1.63. The Hall–Kier alpha value is -3.45. The summed E-state index contributed by atoms with van der Waals surface area (Å²) in [5.74, 6) is -0.341. The Bertz CT molecular complexity index is 1030. The van der Waals surface area contributed by atoms with E-state index in [9.17, 15) is 9.59 Å². The first-order valence-corrected chi connectivity index (χ1v) is 10.7. The molecule has 1 amide bonds. The predicted octanol–water partition coefficient (Wildman–Crippen LogP) is 3.88. The second kappa shape index (κ2) is 11.2. The molecule has 0 atom stereocenters. The van der Waals surface area contributed by atoms with Gasteiger partial charge in [0.25, 0.3) is 0 Å². The molecule has 7 nitrogen and oxygen atoms in total. The lowest BCUT2D eigenvalue weighted by Gasteiger charge is -2.21. The number of anilines is 1. The number of amides is 1. The molecule has 3 aromatic rings. The Morgan fingerprint density at radius 3 is 2.25 bits per heavy atom. The summed E-state index contributed by atoms with van der Waals surface area (Å²) in [5.41, 5.74) is 4.47. The standard InChI is InChI=1S/C25H30N4O3/c1-19-25(20(2)29(27-19)22-12-8-5-9-13-22)26-23(30)14-16-28(17-15-24(31)32-3)18-21-10-6-4-7-11-21/h4-13H,14-18H2,1-3H3,(H,26,30). The van der Waals surface area contributed by atoms with Crippen LogP contribution in [0.5, 0.6) is 0 Å². The monoisotopic (exact) mass is 434 g/mol. The van der Waals surface area contributed by atoms with E-state index >= 15 is 0 Å². The van der Waals surface area contributed by atoms with Gasteiger partial charge >= 0.3 is 5.97 Å². The number of para-hydroxylation sites is 1. The summed E-state index contributed by atoms with van der Waals surface area (Å²) in [5, 5.41) is 7.61. The lowest BCUT2D eigenvalue weighted by Crippen LogP contribution is -2.30. The average Bonchev–Trinajstić information content (AvgIpc) is 3.10. The van der Waals surface area contributed by atoms with Gasteiger partial charge in [0.05, 0.1) is 36.3 Å². The fourth-order valence-corrected chi connectivity index (χ4v) is 3.57. The minimum Gasteiger partial charge on any atom is -0.469 e. The number of aryl methyl sites for hydroxylation is 1. The molecule has 0 radical (unpaired) electrons. The van der Waals surface area contributed by atoms with E-state index in [1.54, 1.807) is 0 Å². The van der Waals surface area contributed by atoms with Gasteiger partial charge in [0.15, 0.2) is 0 Å². The van der Waals surface area contributed by atoms with E-state index in [-0.39, 0.29) is 18.3 Å². The van der Waals surface area contributed by atoms with Gasteiger partial charge in [-0.3, -0.25) is 14.5 Å². The second-order valence-corrected chi connectivity index (χ2v) is 7.68. The second-order valence-electron chi connectivity index (χ2n) is 7.68. The van der Waals surface area contributed by atoms with E-state index in [1.807, 2.05) is 79.2 Å². The number of benzene rings is 2. The number of nitrogens with one attached hydrogen (secondary N) is 1. The van der Waals surface area contributed by atoms with Crippen LogP contribution in [0.1, 0.15) is 29.8 Å². The zero-order valence-corrected chi connectivity index (χ0v) is 18.9. The van der Waals surface area contributed by atoms with Crippen molar-refractivity contribution in [2.24, 2.45) is 0 Å². The van der Waals surface area contributed by atoms with Crippen LogP contribution in [0.2, 0.25) is 0 Å². The van der Waals surface area contributed by atoms with Crippen LogP contribution >= 0.6 is 0 Å². The normalized spacial score (nSPS) is 10.9. The number of nitrogens with zero attached hydrogens (tertiary/aromatic N) is 3. The van der Waals surface area contributed by atoms with E-state index in [4.69, 9.17) is 4.74 Å². The molecule has 0 aliphatic carbocycles. The minimum atomic E-state index is -0.257. The molecule has 1 aromatic heterocycles. The maximum absolute atomic E-state index is 12.7. The number of carbonyl (C=O) groups excluding carboxylic acids is 2. The number of rotatable bonds is 10. The third-order valence-electron chi connectivity index (χ3n) is 5.32. The highest BCUT2D eigenvalue weighted by atomic mass is 16.5. The van der Waals surface area contributed by atoms with Gasteiger partial charge in [0, 0.05) is 26.1 Å². The zero-order valence-electron chi connectivity index (χ0n) is 18.9. The third-order valence-corrected chi connectivity index (χ3v) is 5.32. The number of hydrogen-bond donors (Lipinski definition) is 1. The Labute approximate surface area is 189 Å². The molecule has 0 unspecified atom stereocenters. The molecular weight excluding hydrogens is 404 g/mol. The van der Waals surface area contributed by atoms with Gasteiger partial charge in [-0.2, -0.15) is 5.10 Å². The summed E-state index contributed by atoms with van der Waals surface area (Å²) in [7, 11) is 1.39. The molecule has 7 heteroatoms. The first kappa shape index (κ1) is 23.2. The largest absolute Gasteiger partial charge is 0.469 e. The number of hydrogen-bond acceptors (Lipinski definition) is 5. The van der Waals surface area contributed by atoms with Crippen LogP contribution < -0.4 is 5.32 Å². The molecule has 0 fully saturated rings. The summed E-state index contributed by atoms with van der Waals surface area (Å²) in [6, 6.07) is 19.8. The maximum atomic E-state index is 12.7. The van der Waals surface area contributed by atoms with E-state index in [2.05, 4.69) is 15.3 Å². The van der Waals surface area contributed by atoms with Gasteiger partial charge in [0.1, 0.15) is 0 Å². The molecule has 3 rings (SSSR count). The van der Waals surface area contributed by atoms with Crippen molar-refractivity contribution in [2.75, 3.05) is 25.5 Å². The molecule has 0 bridgehead atoms. The molecule has 0 aliphatic heterocycles. The van der Waals surface area contributed by atoms with E-state index in [1.165, 1.54) is 7.11 Å². The van der Waals surface area contributed by atoms with Crippen molar-refractivity contribution in [2.45, 2.75) is 33.2 Å².